The van der Waals surface area contributed by atoms with Crippen molar-refractivity contribution < 1.29 is 14.7 Å². The number of carbonyl (C=O) groups is 2. The van der Waals surface area contributed by atoms with Gasteiger partial charge in [-0.1, -0.05) is 18.2 Å². The predicted molar refractivity (Wildman–Crippen MR) is 94.4 cm³/mol. The number of amides is 1. The van der Waals surface area contributed by atoms with E-state index in [1.807, 2.05) is 54.3 Å². The summed E-state index contributed by atoms with van der Waals surface area (Å²) in [5, 5.41) is 8.90. The Bertz CT molecular complexity index is 774. The Morgan fingerprint density at radius 2 is 2.00 bits per heavy atom. The van der Waals surface area contributed by atoms with Crippen molar-refractivity contribution in [2.75, 3.05) is 6.54 Å². The maximum Gasteiger partial charge on any atom is 0.303 e. The Balaban J connectivity index is 1.84. The minimum absolute atomic E-state index is 0.0264. The first-order valence-corrected chi connectivity index (χ1v) is 8.60. The molecule has 0 unspecified atom stereocenters. The third kappa shape index (κ3) is 4.05. The highest BCUT2D eigenvalue weighted by atomic mass is 16.4. The lowest BCUT2D eigenvalue weighted by atomic mass is 10.0. The summed E-state index contributed by atoms with van der Waals surface area (Å²) >= 11 is 0. The third-order valence-corrected chi connectivity index (χ3v) is 4.54. The molecule has 0 saturated carbocycles. The van der Waals surface area contributed by atoms with E-state index >= 15 is 0 Å². The Kier molecular flexibility index (Phi) is 5.12. The number of carbonyl (C=O) groups excluding carboxylic acids is 1. The lowest BCUT2D eigenvalue weighted by molar-refractivity contribution is -0.136. The number of carboxylic acid groups (broad SMARTS) is 1. The Morgan fingerprint density at radius 3 is 2.72 bits per heavy atom. The molecular formula is C20H22N2O3. The van der Waals surface area contributed by atoms with E-state index in [1.165, 1.54) is 0 Å². The molecule has 1 atom stereocenters. The van der Waals surface area contributed by atoms with Crippen LogP contribution in [0.2, 0.25) is 0 Å². The molecule has 130 valence electrons. The van der Waals surface area contributed by atoms with Crippen molar-refractivity contribution >= 4 is 11.9 Å². The van der Waals surface area contributed by atoms with Crippen molar-refractivity contribution in [3.05, 3.63) is 65.0 Å². The highest BCUT2D eigenvalue weighted by Gasteiger charge is 2.31. The summed E-state index contributed by atoms with van der Waals surface area (Å²) in [5.74, 6) is -0.781. The second-order valence-corrected chi connectivity index (χ2v) is 6.46. The van der Waals surface area contributed by atoms with Crippen molar-refractivity contribution in [3.8, 4) is 0 Å². The summed E-state index contributed by atoms with van der Waals surface area (Å²) in [5.41, 5.74) is 3.37. The molecule has 1 saturated heterocycles. The monoisotopic (exact) mass is 338 g/mol. The fourth-order valence-corrected chi connectivity index (χ4v) is 3.40. The lowest BCUT2D eigenvalue weighted by Gasteiger charge is -2.25. The van der Waals surface area contributed by atoms with E-state index in [0.29, 0.717) is 12.0 Å². The first-order chi connectivity index (χ1) is 12.0. The summed E-state index contributed by atoms with van der Waals surface area (Å²) in [6.07, 6.45) is 2.40. The molecule has 5 heteroatoms. The Labute approximate surface area is 147 Å². The van der Waals surface area contributed by atoms with Gasteiger partial charge in [0.05, 0.1) is 11.7 Å². The zero-order chi connectivity index (χ0) is 17.8. The van der Waals surface area contributed by atoms with Crippen LogP contribution < -0.4 is 0 Å². The second kappa shape index (κ2) is 7.47. The molecule has 1 N–H and O–H groups in total. The van der Waals surface area contributed by atoms with E-state index in [4.69, 9.17) is 5.11 Å². The fraction of sp³-hybridized carbons (Fsp3) is 0.350. The minimum Gasteiger partial charge on any atom is -0.481 e. The van der Waals surface area contributed by atoms with E-state index < -0.39 is 5.97 Å². The van der Waals surface area contributed by atoms with Crippen molar-refractivity contribution in [2.45, 2.75) is 38.6 Å². The molecule has 1 amide bonds. The van der Waals surface area contributed by atoms with Crippen molar-refractivity contribution in [1.29, 1.82) is 0 Å². The smallest absolute Gasteiger partial charge is 0.303 e. The van der Waals surface area contributed by atoms with Gasteiger partial charge in [-0.2, -0.15) is 0 Å². The highest BCUT2D eigenvalue weighted by Crippen LogP contribution is 2.32. The number of aryl methyl sites for hydroxylation is 2. The van der Waals surface area contributed by atoms with Crippen LogP contribution in [-0.4, -0.2) is 33.4 Å². The topological polar surface area (TPSA) is 70.5 Å². The van der Waals surface area contributed by atoms with Crippen LogP contribution >= 0.6 is 0 Å². The van der Waals surface area contributed by atoms with Gasteiger partial charge in [-0.05, 0) is 56.0 Å². The summed E-state index contributed by atoms with van der Waals surface area (Å²) in [4.78, 5) is 30.2. The standard InChI is InChI=1S/C20H22N2O3/c1-14-12-15(9-10-19(23)24)13-17(21-14)18-8-5-11-22(18)20(25)16-6-3-2-4-7-16/h2-4,6-7,12-13,18H,5,8-11H2,1H3,(H,23,24)/t18-/m1/s1. The van der Waals surface area contributed by atoms with Crippen molar-refractivity contribution in [3.63, 3.8) is 0 Å². The predicted octanol–water partition coefficient (Wildman–Crippen LogP) is 3.38. The molecule has 1 aliphatic rings. The minimum atomic E-state index is -0.808. The van der Waals surface area contributed by atoms with Gasteiger partial charge in [-0.3, -0.25) is 14.6 Å². The van der Waals surface area contributed by atoms with Gasteiger partial charge < -0.3 is 10.0 Å². The summed E-state index contributed by atoms with van der Waals surface area (Å²) < 4.78 is 0. The van der Waals surface area contributed by atoms with Crippen LogP contribution in [-0.2, 0) is 11.2 Å². The third-order valence-electron chi connectivity index (χ3n) is 4.54. The molecule has 0 spiro atoms. The lowest BCUT2D eigenvalue weighted by Crippen LogP contribution is -2.31. The molecule has 1 aromatic carbocycles. The molecule has 2 aromatic rings. The molecule has 1 aliphatic heterocycles. The number of aromatic nitrogens is 1. The number of likely N-dealkylation sites (tertiary alicyclic amines) is 1. The first-order valence-electron chi connectivity index (χ1n) is 8.60. The Hall–Kier alpha value is -2.69. The fourth-order valence-electron chi connectivity index (χ4n) is 3.40. The van der Waals surface area contributed by atoms with E-state index in [0.717, 1.165) is 36.3 Å². The molecule has 1 aromatic heterocycles. The number of aliphatic carboxylic acids is 1. The number of rotatable bonds is 5. The SMILES string of the molecule is Cc1cc(CCC(=O)O)cc([C@H]2CCCN2C(=O)c2ccccc2)n1. The number of nitrogens with zero attached hydrogens (tertiary/aromatic N) is 2. The largest absolute Gasteiger partial charge is 0.481 e. The summed E-state index contributed by atoms with van der Waals surface area (Å²) in [7, 11) is 0. The van der Waals surface area contributed by atoms with Gasteiger partial charge in [0, 0.05) is 24.2 Å². The van der Waals surface area contributed by atoms with Gasteiger partial charge in [0.2, 0.25) is 0 Å². The molecule has 0 aliphatic carbocycles. The van der Waals surface area contributed by atoms with Crippen LogP contribution in [0.15, 0.2) is 42.5 Å². The highest BCUT2D eigenvalue weighted by molar-refractivity contribution is 5.94. The number of hydrogen-bond donors (Lipinski definition) is 1. The number of benzene rings is 1. The maximum atomic E-state index is 12.8. The average Bonchev–Trinajstić information content (AvgIpc) is 3.09. The molecule has 5 nitrogen and oxygen atoms in total. The van der Waals surface area contributed by atoms with Gasteiger partial charge in [0.25, 0.3) is 5.91 Å². The van der Waals surface area contributed by atoms with Crippen LogP contribution in [0.1, 0.15) is 52.6 Å². The molecule has 3 rings (SSSR count). The van der Waals surface area contributed by atoms with Gasteiger partial charge in [-0.25, -0.2) is 0 Å². The van der Waals surface area contributed by atoms with E-state index in [1.54, 1.807) is 0 Å². The quantitative estimate of drug-likeness (QED) is 0.907. The molecule has 0 radical (unpaired) electrons. The second-order valence-electron chi connectivity index (χ2n) is 6.46. The number of pyridine rings is 1. The molecule has 2 heterocycles. The molecule has 0 bridgehead atoms. The Morgan fingerprint density at radius 1 is 1.24 bits per heavy atom. The van der Waals surface area contributed by atoms with Crippen LogP contribution in [0, 0.1) is 6.92 Å². The van der Waals surface area contributed by atoms with Crippen LogP contribution in [0.4, 0.5) is 0 Å². The van der Waals surface area contributed by atoms with Crippen LogP contribution in [0.3, 0.4) is 0 Å². The number of hydrogen-bond acceptors (Lipinski definition) is 3. The van der Waals surface area contributed by atoms with Crippen LogP contribution in [0.25, 0.3) is 0 Å². The van der Waals surface area contributed by atoms with Crippen molar-refractivity contribution in [2.24, 2.45) is 0 Å². The zero-order valence-electron chi connectivity index (χ0n) is 14.3. The number of carboxylic acids is 1. The van der Waals surface area contributed by atoms with Gasteiger partial charge in [0.1, 0.15) is 0 Å². The van der Waals surface area contributed by atoms with Gasteiger partial charge >= 0.3 is 5.97 Å². The van der Waals surface area contributed by atoms with E-state index in [-0.39, 0.29) is 18.4 Å². The molecule has 1 fully saturated rings. The van der Waals surface area contributed by atoms with Gasteiger partial charge in [-0.15, -0.1) is 0 Å². The van der Waals surface area contributed by atoms with Gasteiger partial charge in [0.15, 0.2) is 0 Å². The summed E-state index contributed by atoms with van der Waals surface area (Å²) in [6.45, 7) is 2.63. The first kappa shape index (κ1) is 17.1. The van der Waals surface area contributed by atoms with E-state index in [2.05, 4.69) is 4.98 Å². The summed E-state index contributed by atoms with van der Waals surface area (Å²) in [6, 6.07) is 13.1. The molecule has 25 heavy (non-hydrogen) atoms. The average molecular weight is 338 g/mol. The van der Waals surface area contributed by atoms with Crippen LogP contribution in [0.5, 0.6) is 0 Å². The van der Waals surface area contributed by atoms with E-state index in [9.17, 15) is 9.59 Å². The zero-order valence-corrected chi connectivity index (χ0v) is 14.3. The molecular weight excluding hydrogens is 316 g/mol. The maximum absolute atomic E-state index is 12.8. The van der Waals surface area contributed by atoms with Crippen molar-refractivity contribution in [1.82, 2.24) is 9.88 Å². The normalized spacial score (nSPS) is 16.8.